The van der Waals surface area contributed by atoms with Gasteiger partial charge in [-0.15, -0.1) is 0 Å². The molecule has 1 aliphatic carbocycles. The number of rotatable bonds is 7. The summed E-state index contributed by atoms with van der Waals surface area (Å²) >= 11 is 0. The molecule has 3 rings (SSSR count). The zero-order valence-corrected chi connectivity index (χ0v) is 17.3. The van der Waals surface area contributed by atoms with Crippen molar-refractivity contribution in [3.05, 3.63) is 46.2 Å². The van der Waals surface area contributed by atoms with Crippen molar-refractivity contribution in [2.75, 3.05) is 20.3 Å². The maximum absolute atomic E-state index is 9.79. The van der Waals surface area contributed by atoms with Crippen molar-refractivity contribution in [1.29, 1.82) is 0 Å². The number of hydrogen-bond donors (Lipinski definition) is 2. The Morgan fingerprint density at radius 3 is 2.21 bits per heavy atom. The summed E-state index contributed by atoms with van der Waals surface area (Å²) in [5, 5.41) is 21.5. The average molecular weight is 386 g/mol. The van der Waals surface area contributed by atoms with Crippen LogP contribution < -0.4 is 9.47 Å². The highest BCUT2D eigenvalue weighted by atomic mass is 16.5. The molecule has 152 valence electrons. The monoisotopic (exact) mass is 386 g/mol. The fraction of sp³-hybridized carbons (Fsp3) is 0.478. The van der Waals surface area contributed by atoms with Gasteiger partial charge in [0.2, 0.25) is 0 Å². The van der Waals surface area contributed by atoms with Gasteiger partial charge < -0.3 is 24.4 Å². The standard InChI is InChI=1S/C23H30O5/c1-13-8-14(2)21-20(9-13)22(27-11-15(3)24)18-7-6-17(26-5)10-19(18)23(21)28-12-16(4)25/h6,8-9,15-16,24-25H,7,10-12H2,1-5H3. The van der Waals surface area contributed by atoms with E-state index in [0.29, 0.717) is 12.8 Å². The van der Waals surface area contributed by atoms with Crippen LogP contribution in [-0.4, -0.2) is 42.7 Å². The average Bonchev–Trinajstić information content (AvgIpc) is 2.63. The number of fused-ring (bicyclic) bond motifs is 2. The van der Waals surface area contributed by atoms with Crippen molar-refractivity contribution in [3.8, 4) is 11.5 Å². The third-order valence-corrected chi connectivity index (χ3v) is 4.95. The number of hydrogen-bond acceptors (Lipinski definition) is 5. The van der Waals surface area contributed by atoms with Gasteiger partial charge in [-0.3, -0.25) is 0 Å². The molecule has 5 heteroatoms. The Morgan fingerprint density at radius 1 is 0.964 bits per heavy atom. The van der Waals surface area contributed by atoms with E-state index in [-0.39, 0.29) is 13.2 Å². The third-order valence-electron chi connectivity index (χ3n) is 4.95. The third kappa shape index (κ3) is 4.10. The smallest absolute Gasteiger partial charge is 0.131 e. The molecule has 2 atom stereocenters. The van der Waals surface area contributed by atoms with Gasteiger partial charge in [-0.05, 0) is 51.8 Å². The minimum absolute atomic E-state index is 0.217. The number of aryl methyl sites for hydroxylation is 2. The van der Waals surface area contributed by atoms with Gasteiger partial charge >= 0.3 is 0 Å². The number of aliphatic hydroxyl groups is 2. The molecule has 2 unspecified atom stereocenters. The molecule has 0 amide bonds. The molecular formula is C23H30O5. The molecule has 2 N–H and O–H groups in total. The van der Waals surface area contributed by atoms with E-state index in [2.05, 4.69) is 32.1 Å². The van der Waals surface area contributed by atoms with Gasteiger partial charge in [-0.1, -0.05) is 11.6 Å². The van der Waals surface area contributed by atoms with Gasteiger partial charge in [0.25, 0.3) is 0 Å². The molecule has 0 radical (unpaired) electrons. The summed E-state index contributed by atoms with van der Waals surface area (Å²) in [7, 11) is 1.67. The van der Waals surface area contributed by atoms with Crippen LogP contribution in [-0.2, 0) is 17.6 Å². The highest BCUT2D eigenvalue weighted by molar-refractivity contribution is 5.99. The van der Waals surface area contributed by atoms with Gasteiger partial charge in [-0.25, -0.2) is 0 Å². The van der Waals surface area contributed by atoms with E-state index in [1.807, 2.05) is 0 Å². The van der Waals surface area contributed by atoms with E-state index in [1.165, 1.54) is 0 Å². The molecule has 0 bridgehead atoms. The van der Waals surface area contributed by atoms with Crippen LogP contribution in [0.4, 0.5) is 0 Å². The van der Waals surface area contributed by atoms with E-state index < -0.39 is 12.2 Å². The fourth-order valence-corrected chi connectivity index (χ4v) is 3.79. The number of aliphatic hydroxyl groups excluding tert-OH is 2. The predicted molar refractivity (Wildman–Crippen MR) is 110 cm³/mol. The molecular weight excluding hydrogens is 356 g/mol. The number of allylic oxidation sites excluding steroid dienone is 2. The highest BCUT2D eigenvalue weighted by Gasteiger charge is 2.26. The van der Waals surface area contributed by atoms with Crippen molar-refractivity contribution in [1.82, 2.24) is 0 Å². The second kappa shape index (κ2) is 8.41. The molecule has 2 aromatic rings. The first-order chi connectivity index (χ1) is 13.3. The predicted octanol–water partition coefficient (Wildman–Crippen LogP) is 3.60. The summed E-state index contributed by atoms with van der Waals surface area (Å²) in [5.41, 5.74) is 4.31. The molecule has 0 aromatic heterocycles. The van der Waals surface area contributed by atoms with E-state index in [4.69, 9.17) is 14.2 Å². The van der Waals surface area contributed by atoms with Crippen LogP contribution in [0.2, 0.25) is 0 Å². The zero-order chi connectivity index (χ0) is 20.4. The van der Waals surface area contributed by atoms with Gasteiger partial charge in [0.05, 0.1) is 25.1 Å². The molecule has 0 heterocycles. The van der Waals surface area contributed by atoms with Crippen LogP contribution in [0.25, 0.3) is 10.8 Å². The maximum Gasteiger partial charge on any atom is 0.131 e. The van der Waals surface area contributed by atoms with Crippen molar-refractivity contribution < 1.29 is 24.4 Å². The van der Waals surface area contributed by atoms with Crippen LogP contribution >= 0.6 is 0 Å². The minimum atomic E-state index is -0.566. The molecule has 0 aliphatic heterocycles. The summed E-state index contributed by atoms with van der Waals surface area (Å²) in [5.74, 6) is 2.48. The first-order valence-electron chi connectivity index (χ1n) is 9.75. The van der Waals surface area contributed by atoms with Crippen molar-refractivity contribution in [2.45, 2.75) is 52.7 Å². The molecule has 5 nitrogen and oxygen atoms in total. The Labute approximate surface area is 166 Å². The lowest BCUT2D eigenvalue weighted by molar-refractivity contribution is 0.120. The van der Waals surface area contributed by atoms with Crippen LogP contribution in [0.3, 0.4) is 0 Å². The Bertz CT molecular complexity index is 896. The summed E-state index contributed by atoms with van der Waals surface area (Å²) < 4.78 is 17.8. The maximum atomic E-state index is 9.79. The second-order valence-electron chi connectivity index (χ2n) is 7.70. The van der Waals surface area contributed by atoms with Crippen molar-refractivity contribution in [3.63, 3.8) is 0 Å². The van der Waals surface area contributed by atoms with Crippen molar-refractivity contribution >= 4 is 10.8 Å². The van der Waals surface area contributed by atoms with Gasteiger partial charge in [0.1, 0.15) is 24.7 Å². The lowest BCUT2D eigenvalue weighted by Crippen LogP contribution is -2.18. The molecule has 28 heavy (non-hydrogen) atoms. The number of ether oxygens (including phenoxy) is 3. The molecule has 0 fully saturated rings. The van der Waals surface area contributed by atoms with Crippen LogP contribution in [0.5, 0.6) is 11.5 Å². The van der Waals surface area contributed by atoms with Crippen LogP contribution in [0.1, 0.15) is 36.1 Å². The highest BCUT2D eigenvalue weighted by Crippen LogP contribution is 2.45. The van der Waals surface area contributed by atoms with Crippen LogP contribution in [0.15, 0.2) is 24.0 Å². The van der Waals surface area contributed by atoms with E-state index >= 15 is 0 Å². The van der Waals surface area contributed by atoms with Gasteiger partial charge in [-0.2, -0.15) is 0 Å². The Kier molecular flexibility index (Phi) is 6.16. The zero-order valence-electron chi connectivity index (χ0n) is 17.3. The largest absolute Gasteiger partial charge is 0.501 e. The lowest BCUT2D eigenvalue weighted by Gasteiger charge is -2.27. The number of methoxy groups -OCH3 is 1. The molecule has 0 saturated heterocycles. The first kappa shape index (κ1) is 20.5. The lowest BCUT2D eigenvalue weighted by atomic mass is 9.88. The van der Waals surface area contributed by atoms with Gasteiger partial charge in [0, 0.05) is 28.3 Å². The summed E-state index contributed by atoms with van der Waals surface area (Å²) in [4.78, 5) is 0. The summed E-state index contributed by atoms with van der Waals surface area (Å²) in [6.45, 7) is 7.99. The van der Waals surface area contributed by atoms with E-state index in [0.717, 1.165) is 50.3 Å². The first-order valence-corrected chi connectivity index (χ1v) is 9.75. The quantitative estimate of drug-likeness (QED) is 0.761. The second-order valence-corrected chi connectivity index (χ2v) is 7.70. The summed E-state index contributed by atoms with van der Waals surface area (Å²) in [6, 6.07) is 4.23. The Morgan fingerprint density at radius 2 is 1.61 bits per heavy atom. The fourth-order valence-electron chi connectivity index (χ4n) is 3.79. The Balaban J connectivity index is 2.28. The summed E-state index contributed by atoms with van der Waals surface area (Å²) in [6.07, 6.45) is 2.21. The van der Waals surface area contributed by atoms with E-state index in [1.54, 1.807) is 21.0 Å². The molecule has 1 aliphatic rings. The molecule has 2 aromatic carbocycles. The van der Waals surface area contributed by atoms with Crippen LogP contribution in [0, 0.1) is 13.8 Å². The minimum Gasteiger partial charge on any atom is -0.501 e. The Hall–Kier alpha value is -2.24. The van der Waals surface area contributed by atoms with Crippen molar-refractivity contribution in [2.24, 2.45) is 0 Å². The number of benzene rings is 2. The van der Waals surface area contributed by atoms with Gasteiger partial charge in [0.15, 0.2) is 0 Å². The molecule has 0 saturated carbocycles. The SMILES string of the molecule is COC1=CCc2c(c(OCC(C)O)c3c(C)cc(C)cc3c2OCC(C)O)C1. The molecule has 0 spiro atoms. The topological polar surface area (TPSA) is 68.2 Å². The normalized spacial score (nSPS) is 15.6. The van der Waals surface area contributed by atoms with E-state index in [9.17, 15) is 10.2 Å².